The zero-order chi connectivity index (χ0) is 21.6. The van der Waals surface area contributed by atoms with E-state index in [1.165, 1.54) is 12.7 Å². The molecule has 1 fully saturated rings. The fourth-order valence-corrected chi connectivity index (χ4v) is 3.24. The maximum absolute atomic E-state index is 11.1. The van der Waals surface area contributed by atoms with E-state index in [1.54, 1.807) is 0 Å². The van der Waals surface area contributed by atoms with Crippen molar-refractivity contribution in [2.75, 3.05) is 40.0 Å². The van der Waals surface area contributed by atoms with Crippen LogP contribution in [0, 0.1) is 12.8 Å². The number of esters is 1. The highest BCUT2D eigenvalue weighted by Gasteiger charge is 2.17. The van der Waals surface area contributed by atoms with Crippen molar-refractivity contribution >= 4 is 11.9 Å². The van der Waals surface area contributed by atoms with Crippen LogP contribution in [0.3, 0.4) is 0 Å². The maximum atomic E-state index is 11.1. The molecular weight excluding hydrogens is 382 g/mol. The van der Waals surface area contributed by atoms with Gasteiger partial charge in [0.2, 0.25) is 0 Å². The van der Waals surface area contributed by atoms with Crippen molar-refractivity contribution in [1.29, 1.82) is 0 Å². The van der Waals surface area contributed by atoms with Gasteiger partial charge in [-0.15, -0.1) is 0 Å². The number of carbonyl (C=O) groups excluding carboxylic acids is 1. The molecule has 1 aromatic carbocycles. The molecule has 0 bridgehead atoms. The molecule has 0 radical (unpaired) electrons. The molecule has 1 aliphatic heterocycles. The van der Waals surface area contributed by atoms with Crippen molar-refractivity contribution < 1.29 is 19.0 Å². The lowest BCUT2D eigenvalue weighted by atomic mass is 10.1. The molecule has 2 N–H and O–H groups in total. The van der Waals surface area contributed by atoms with Gasteiger partial charge >= 0.3 is 5.97 Å². The van der Waals surface area contributed by atoms with Gasteiger partial charge < -0.3 is 24.8 Å². The minimum atomic E-state index is -0.144. The predicted octanol–water partition coefficient (Wildman–Crippen LogP) is 3.20. The second kappa shape index (κ2) is 13.9. The molecule has 1 aromatic rings. The summed E-state index contributed by atoms with van der Waals surface area (Å²) in [5.74, 6) is 2.03. The molecular formula is C23H37N3O4. The molecule has 0 aromatic heterocycles. The van der Waals surface area contributed by atoms with E-state index in [0.717, 1.165) is 69.3 Å². The Hall–Kier alpha value is -2.28. The van der Waals surface area contributed by atoms with Gasteiger partial charge in [-0.05, 0) is 44.7 Å². The highest BCUT2D eigenvalue weighted by atomic mass is 16.5. The lowest BCUT2D eigenvalue weighted by Gasteiger charge is -2.15. The van der Waals surface area contributed by atoms with Gasteiger partial charge in [0.1, 0.15) is 5.75 Å². The van der Waals surface area contributed by atoms with E-state index in [1.807, 2.05) is 0 Å². The quantitative estimate of drug-likeness (QED) is 0.234. The second-order valence-electron chi connectivity index (χ2n) is 7.66. The van der Waals surface area contributed by atoms with Gasteiger partial charge in [-0.25, -0.2) is 4.99 Å². The van der Waals surface area contributed by atoms with Crippen molar-refractivity contribution in [3.8, 4) is 5.75 Å². The number of aliphatic imine (C=N–C) groups is 1. The van der Waals surface area contributed by atoms with Crippen LogP contribution in [-0.4, -0.2) is 51.9 Å². The van der Waals surface area contributed by atoms with Crippen LogP contribution in [0.25, 0.3) is 0 Å². The number of guanidine groups is 1. The van der Waals surface area contributed by atoms with E-state index in [0.29, 0.717) is 25.5 Å². The minimum absolute atomic E-state index is 0.144. The van der Waals surface area contributed by atoms with Crippen LogP contribution in [0.1, 0.15) is 50.2 Å². The van der Waals surface area contributed by atoms with Crippen LogP contribution in [0.5, 0.6) is 5.75 Å². The summed E-state index contributed by atoms with van der Waals surface area (Å²) in [7, 11) is 1.43. The Morgan fingerprint density at radius 2 is 2.13 bits per heavy atom. The Morgan fingerprint density at radius 3 is 2.87 bits per heavy atom. The minimum Gasteiger partial charge on any atom is -0.493 e. The fraction of sp³-hybridized carbons (Fsp3) is 0.652. The molecule has 0 saturated carbocycles. The van der Waals surface area contributed by atoms with Gasteiger partial charge in [0.15, 0.2) is 5.96 Å². The highest BCUT2D eigenvalue weighted by Crippen LogP contribution is 2.23. The molecule has 0 aliphatic carbocycles. The topological polar surface area (TPSA) is 81.2 Å². The number of aryl methyl sites for hydroxylation is 1. The number of rotatable bonds is 12. The molecule has 1 aliphatic rings. The van der Waals surface area contributed by atoms with E-state index in [4.69, 9.17) is 14.5 Å². The smallest absolute Gasteiger partial charge is 0.305 e. The maximum Gasteiger partial charge on any atom is 0.305 e. The van der Waals surface area contributed by atoms with Gasteiger partial charge in [-0.1, -0.05) is 18.6 Å². The largest absolute Gasteiger partial charge is 0.493 e. The second-order valence-corrected chi connectivity index (χ2v) is 7.66. The molecule has 0 spiro atoms. The normalized spacial score (nSPS) is 16.4. The molecule has 30 heavy (non-hydrogen) atoms. The van der Waals surface area contributed by atoms with Crippen molar-refractivity contribution in [3.63, 3.8) is 0 Å². The highest BCUT2D eigenvalue weighted by molar-refractivity contribution is 5.79. The molecule has 0 amide bonds. The fourth-order valence-electron chi connectivity index (χ4n) is 3.24. The molecule has 7 nitrogen and oxygen atoms in total. The van der Waals surface area contributed by atoms with Gasteiger partial charge in [-0.3, -0.25) is 4.79 Å². The van der Waals surface area contributed by atoms with E-state index < -0.39 is 0 Å². The first-order chi connectivity index (χ1) is 14.6. The number of methoxy groups -OCH3 is 1. The monoisotopic (exact) mass is 419 g/mol. The third-order valence-electron chi connectivity index (χ3n) is 5.05. The van der Waals surface area contributed by atoms with Gasteiger partial charge in [0.25, 0.3) is 0 Å². The Labute approximate surface area is 180 Å². The predicted molar refractivity (Wildman–Crippen MR) is 119 cm³/mol. The SMILES string of the molecule is CCNC(=NCc1ccc(C)cc1OCC1CCOC1)NCCCCCC(=O)OC. The van der Waals surface area contributed by atoms with E-state index in [2.05, 4.69) is 47.4 Å². The van der Waals surface area contributed by atoms with Crippen LogP contribution >= 0.6 is 0 Å². The summed E-state index contributed by atoms with van der Waals surface area (Å²) in [4.78, 5) is 15.9. The third kappa shape index (κ3) is 9.03. The number of unbranched alkanes of at least 4 members (excludes halogenated alkanes) is 2. The van der Waals surface area contributed by atoms with Crippen molar-refractivity contribution in [1.82, 2.24) is 10.6 Å². The summed E-state index contributed by atoms with van der Waals surface area (Å²) in [5, 5.41) is 6.65. The van der Waals surface area contributed by atoms with E-state index >= 15 is 0 Å². The molecule has 1 saturated heterocycles. The summed E-state index contributed by atoms with van der Waals surface area (Å²) in [6, 6.07) is 6.27. The number of nitrogens with one attached hydrogen (secondary N) is 2. The Bertz CT molecular complexity index is 672. The molecule has 7 heteroatoms. The summed E-state index contributed by atoms with van der Waals surface area (Å²) in [6.07, 6.45) is 4.34. The number of benzene rings is 1. The summed E-state index contributed by atoms with van der Waals surface area (Å²) >= 11 is 0. The number of ether oxygens (including phenoxy) is 3. The summed E-state index contributed by atoms with van der Waals surface area (Å²) < 4.78 is 16.2. The molecule has 168 valence electrons. The standard InChI is InChI=1S/C23H37N3O4/c1-4-24-23(25-12-7-5-6-8-22(27)28-3)26-15-20-10-9-18(2)14-21(20)30-17-19-11-13-29-16-19/h9-10,14,19H,4-8,11-13,15-17H2,1-3H3,(H2,24,25,26). The molecule has 1 atom stereocenters. The number of hydrogen-bond acceptors (Lipinski definition) is 5. The molecule has 2 rings (SSSR count). The van der Waals surface area contributed by atoms with Crippen LogP contribution in [0.15, 0.2) is 23.2 Å². The van der Waals surface area contributed by atoms with Crippen molar-refractivity contribution in [2.24, 2.45) is 10.9 Å². The summed E-state index contributed by atoms with van der Waals surface area (Å²) in [5.41, 5.74) is 2.26. The number of carbonyl (C=O) groups is 1. The van der Waals surface area contributed by atoms with Crippen molar-refractivity contribution in [2.45, 2.75) is 52.5 Å². The number of hydrogen-bond donors (Lipinski definition) is 2. The lowest BCUT2D eigenvalue weighted by Crippen LogP contribution is -2.37. The summed E-state index contributed by atoms with van der Waals surface area (Å²) in [6.45, 7) is 8.59. The zero-order valence-electron chi connectivity index (χ0n) is 18.7. The average molecular weight is 420 g/mol. The van der Waals surface area contributed by atoms with Crippen LogP contribution < -0.4 is 15.4 Å². The average Bonchev–Trinajstić information content (AvgIpc) is 3.27. The van der Waals surface area contributed by atoms with E-state index in [9.17, 15) is 4.79 Å². The van der Waals surface area contributed by atoms with E-state index in [-0.39, 0.29) is 5.97 Å². The Kier molecular flexibility index (Phi) is 11.1. The zero-order valence-corrected chi connectivity index (χ0v) is 18.7. The first-order valence-corrected chi connectivity index (χ1v) is 11.0. The van der Waals surface area contributed by atoms with Gasteiger partial charge in [0.05, 0.1) is 26.9 Å². The van der Waals surface area contributed by atoms with Crippen LogP contribution in [-0.2, 0) is 20.8 Å². The van der Waals surface area contributed by atoms with Crippen molar-refractivity contribution in [3.05, 3.63) is 29.3 Å². The van der Waals surface area contributed by atoms with Crippen LogP contribution in [0.2, 0.25) is 0 Å². The lowest BCUT2D eigenvalue weighted by molar-refractivity contribution is -0.140. The third-order valence-corrected chi connectivity index (χ3v) is 5.05. The Morgan fingerprint density at radius 1 is 1.27 bits per heavy atom. The first kappa shape index (κ1) is 24.0. The Balaban J connectivity index is 1.84. The number of nitrogens with zero attached hydrogens (tertiary/aromatic N) is 1. The molecule has 1 heterocycles. The molecule has 1 unspecified atom stereocenters. The van der Waals surface area contributed by atoms with Crippen LogP contribution in [0.4, 0.5) is 0 Å². The van der Waals surface area contributed by atoms with Gasteiger partial charge in [-0.2, -0.15) is 0 Å². The first-order valence-electron chi connectivity index (χ1n) is 11.0. The van der Waals surface area contributed by atoms with Gasteiger partial charge in [0, 0.05) is 37.6 Å².